The van der Waals surface area contributed by atoms with Crippen LogP contribution in [0.3, 0.4) is 0 Å². The number of rotatable bonds is 2. The molecule has 2 aromatic rings. The van der Waals surface area contributed by atoms with Crippen molar-refractivity contribution in [3.8, 4) is 11.8 Å². The van der Waals surface area contributed by atoms with Crippen molar-refractivity contribution in [2.45, 2.75) is 51.1 Å². The number of fused-ring (bicyclic) bond motifs is 1. The van der Waals surface area contributed by atoms with Gasteiger partial charge in [-0.3, -0.25) is 9.69 Å². The number of carbonyl (C=O) groups excluding carboxylic acids is 1. The van der Waals surface area contributed by atoms with Gasteiger partial charge in [-0.1, -0.05) is 36.5 Å². The number of amides is 1. The molecule has 0 unspecified atom stereocenters. The van der Waals surface area contributed by atoms with Gasteiger partial charge in [0.15, 0.2) is 0 Å². The minimum atomic E-state index is -0.0708. The van der Waals surface area contributed by atoms with Crippen molar-refractivity contribution >= 4 is 11.6 Å². The van der Waals surface area contributed by atoms with Crippen molar-refractivity contribution in [3.05, 3.63) is 65.2 Å². The molecule has 2 aromatic carbocycles. The third kappa shape index (κ3) is 4.23. The van der Waals surface area contributed by atoms with Crippen LogP contribution in [0.4, 0.5) is 5.69 Å². The van der Waals surface area contributed by atoms with E-state index in [-0.39, 0.29) is 5.91 Å². The fraction of sp³-hybridized carbons (Fsp3) is 0.375. The Morgan fingerprint density at radius 2 is 1.81 bits per heavy atom. The smallest absolute Gasteiger partial charge is 0.221 e. The van der Waals surface area contributed by atoms with Gasteiger partial charge < -0.3 is 5.32 Å². The van der Waals surface area contributed by atoms with Gasteiger partial charge in [-0.2, -0.15) is 0 Å². The molecule has 27 heavy (non-hydrogen) atoms. The van der Waals surface area contributed by atoms with E-state index in [1.54, 1.807) is 0 Å². The predicted molar refractivity (Wildman–Crippen MR) is 109 cm³/mol. The lowest BCUT2D eigenvalue weighted by atomic mass is 10.0. The highest BCUT2D eigenvalue weighted by molar-refractivity contribution is 5.88. The summed E-state index contributed by atoms with van der Waals surface area (Å²) in [6, 6.07) is 17.8. The zero-order valence-electron chi connectivity index (χ0n) is 15.9. The van der Waals surface area contributed by atoms with Crippen LogP contribution in [0.1, 0.15) is 61.8 Å². The lowest BCUT2D eigenvalue weighted by Crippen LogP contribution is -2.35. The fourth-order valence-corrected chi connectivity index (χ4v) is 4.43. The molecule has 1 N–H and O–H groups in total. The molecule has 0 aliphatic carbocycles. The van der Waals surface area contributed by atoms with Gasteiger partial charge in [0, 0.05) is 35.8 Å². The number of nitrogens with zero attached hydrogens (tertiary/aromatic N) is 1. The van der Waals surface area contributed by atoms with Crippen LogP contribution in [0.15, 0.2) is 48.5 Å². The number of hydrogen-bond acceptors (Lipinski definition) is 2. The Bertz CT molecular complexity index is 875. The Balaban J connectivity index is 1.46. The predicted octanol–water partition coefficient (Wildman–Crippen LogP) is 4.73. The molecule has 4 rings (SSSR count). The van der Waals surface area contributed by atoms with Crippen LogP contribution in [0, 0.1) is 11.8 Å². The lowest BCUT2D eigenvalue weighted by Gasteiger charge is -2.34. The van der Waals surface area contributed by atoms with Gasteiger partial charge in [-0.25, -0.2) is 0 Å². The molecule has 2 atom stereocenters. The topological polar surface area (TPSA) is 32.3 Å². The summed E-state index contributed by atoms with van der Waals surface area (Å²) in [4.78, 5) is 13.9. The second-order valence-electron chi connectivity index (χ2n) is 7.61. The van der Waals surface area contributed by atoms with Gasteiger partial charge in [0.25, 0.3) is 0 Å². The largest absolute Gasteiger partial charge is 0.326 e. The van der Waals surface area contributed by atoms with Crippen molar-refractivity contribution in [2.24, 2.45) is 0 Å². The Hall–Kier alpha value is -2.57. The molecule has 138 valence electrons. The van der Waals surface area contributed by atoms with E-state index < -0.39 is 0 Å². The molecule has 1 amide bonds. The Kier molecular flexibility index (Phi) is 5.27. The van der Waals surface area contributed by atoms with Crippen molar-refractivity contribution in [1.82, 2.24) is 4.90 Å². The average Bonchev–Trinajstić information content (AvgIpc) is 3.11. The van der Waals surface area contributed by atoms with Crippen molar-refractivity contribution < 1.29 is 4.79 Å². The van der Waals surface area contributed by atoms with Gasteiger partial charge in [-0.15, -0.1) is 0 Å². The number of benzene rings is 2. The molecule has 0 saturated carbocycles. The molecule has 2 saturated heterocycles. The van der Waals surface area contributed by atoms with Crippen LogP contribution in [0.5, 0.6) is 0 Å². The van der Waals surface area contributed by atoms with E-state index in [1.807, 2.05) is 24.3 Å². The summed E-state index contributed by atoms with van der Waals surface area (Å²) in [7, 11) is 0. The Morgan fingerprint density at radius 3 is 2.63 bits per heavy atom. The summed E-state index contributed by atoms with van der Waals surface area (Å²) in [6.45, 7) is 2.76. The van der Waals surface area contributed by atoms with Crippen molar-refractivity contribution in [1.29, 1.82) is 0 Å². The summed E-state index contributed by atoms with van der Waals surface area (Å²) in [5.41, 5.74) is 4.13. The maximum absolute atomic E-state index is 11.2. The van der Waals surface area contributed by atoms with Gasteiger partial charge in [0.05, 0.1) is 0 Å². The van der Waals surface area contributed by atoms with E-state index in [9.17, 15) is 4.79 Å². The minimum absolute atomic E-state index is 0.0708. The summed E-state index contributed by atoms with van der Waals surface area (Å²) in [5, 5.41) is 2.79. The second kappa shape index (κ2) is 7.98. The highest BCUT2D eigenvalue weighted by Gasteiger charge is 2.35. The van der Waals surface area contributed by atoms with Gasteiger partial charge in [0.1, 0.15) is 0 Å². The first-order chi connectivity index (χ1) is 13.2. The first kappa shape index (κ1) is 17.8. The molecule has 2 aliphatic rings. The molecular formula is C24H26N2O. The van der Waals surface area contributed by atoms with Crippen LogP contribution < -0.4 is 5.32 Å². The third-order valence-corrected chi connectivity index (χ3v) is 5.68. The Morgan fingerprint density at radius 1 is 1.00 bits per heavy atom. The molecular weight excluding hydrogens is 332 g/mol. The standard InChI is InChI=1S/C24H26N2O/c1-18(27)25-22-6-4-5-20(17-22)9-8-19-10-12-21(13-11-19)24-15-14-23-7-2-3-16-26(23)24/h4-6,10-13,17,23-24H,2-3,7,14-16H2,1H3,(H,25,27)/t23-,24-/m1/s1. The number of anilines is 1. The fourth-order valence-electron chi connectivity index (χ4n) is 4.43. The van der Waals surface area contributed by atoms with Crippen LogP contribution in [0.2, 0.25) is 0 Å². The first-order valence-electron chi connectivity index (χ1n) is 9.94. The molecule has 2 heterocycles. The van der Waals surface area contributed by atoms with Gasteiger partial charge >= 0.3 is 0 Å². The zero-order chi connectivity index (χ0) is 18.6. The summed E-state index contributed by atoms with van der Waals surface area (Å²) >= 11 is 0. The normalized spacial score (nSPS) is 21.8. The van der Waals surface area contributed by atoms with E-state index in [0.29, 0.717) is 6.04 Å². The van der Waals surface area contributed by atoms with Crippen molar-refractivity contribution in [3.63, 3.8) is 0 Å². The van der Waals surface area contributed by atoms with Crippen molar-refractivity contribution in [2.75, 3.05) is 11.9 Å². The average molecular weight is 358 g/mol. The van der Waals surface area contributed by atoms with Crippen LogP contribution in [-0.4, -0.2) is 23.4 Å². The summed E-state index contributed by atoms with van der Waals surface area (Å²) in [6.07, 6.45) is 6.74. The van der Waals surface area contributed by atoms with Crippen LogP contribution in [0.25, 0.3) is 0 Å². The molecule has 0 radical (unpaired) electrons. The first-order valence-corrected chi connectivity index (χ1v) is 9.94. The third-order valence-electron chi connectivity index (χ3n) is 5.68. The van der Waals surface area contributed by atoms with E-state index in [4.69, 9.17) is 0 Å². The quantitative estimate of drug-likeness (QED) is 0.787. The van der Waals surface area contributed by atoms with E-state index >= 15 is 0 Å². The van der Waals surface area contributed by atoms with Gasteiger partial charge in [0.2, 0.25) is 5.91 Å². The minimum Gasteiger partial charge on any atom is -0.326 e. The van der Waals surface area contributed by atoms with E-state index in [2.05, 4.69) is 46.3 Å². The molecule has 0 aromatic heterocycles. The summed E-state index contributed by atoms with van der Waals surface area (Å²) < 4.78 is 0. The highest BCUT2D eigenvalue weighted by Crippen LogP contribution is 2.40. The lowest BCUT2D eigenvalue weighted by molar-refractivity contribution is -0.114. The Labute approximate surface area is 161 Å². The number of nitrogens with one attached hydrogen (secondary N) is 1. The second-order valence-corrected chi connectivity index (χ2v) is 7.61. The number of carbonyl (C=O) groups is 1. The zero-order valence-corrected chi connectivity index (χ0v) is 15.9. The number of piperidine rings is 1. The highest BCUT2D eigenvalue weighted by atomic mass is 16.1. The molecule has 0 spiro atoms. The molecule has 3 nitrogen and oxygen atoms in total. The van der Waals surface area contributed by atoms with Crippen LogP contribution >= 0.6 is 0 Å². The van der Waals surface area contributed by atoms with Crippen LogP contribution in [-0.2, 0) is 4.79 Å². The maximum Gasteiger partial charge on any atom is 0.221 e. The van der Waals surface area contributed by atoms with E-state index in [1.165, 1.54) is 51.1 Å². The molecule has 2 aliphatic heterocycles. The monoisotopic (exact) mass is 358 g/mol. The molecule has 3 heteroatoms. The maximum atomic E-state index is 11.2. The van der Waals surface area contributed by atoms with Gasteiger partial charge in [-0.05, 0) is 68.1 Å². The number of hydrogen-bond donors (Lipinski definition) is 1. The molecule has 2 fully saturated rings. The molecule has 0 bridgehead atoms. The SMILES string of the molecule is CC(=O)Nc1cccc(C#Cc2ccc([C@H]3CC[C@H]4CCCCN43)cc2)c1. The van der Waals surface area contributed by atoms with E-state index in [0.717, 1.165) is 22.9 Å². The summed E-state index contributed by atoms with van der Waals surface area (Å²) in [5.74, 6) is 6.37.